The summed E-state index contributed by atoms with van der Waals surface area (Å²) in [5.41, 5.74) is 1.18. The molecule has 0 saturated carbocycles. The first kappa shape index (κ1) is 20.0. The maximum atomic E-state index is 14.0. The number of ether oxygens (including phenoxy) is 1. The van der Waals surface area contributed by atoms with E-state index in [2.05, 4.69) is 25.7 Å². The molecule has 3 aromatic rings. The van der Waals surface area contributed by atoms with Crippen LogP contribution in [0.2, 0.25) is 5.02 Å². The minimum atomic E-state index is -3.05. The maximum Gasteiger partial charge on any atom is 0.387 e. The Labute approximate surface area is 176 Å². The molecule has 152 valence electrons. The van der Waals surface area contributed by atoms with Crippen LogP contribution in [0, 0.1) is 5.82 Å². The number of aliphatic carboxylic acids is 1. The summed E-state index contributed by atoms with van der Waals surface area (Å²) >= 11 is 9.49. The molecule has 29 heavy (non-hydrogen) atoms. The lowest BCUT2D eigenvalue weighted by Gasteiger charge is -2.20. The topological polar surface area (TPSA) is 64.3 Å². The van der Waals surface area contributed by atoms with E-state index in [-0.39, 0.29) is 28.1 Å². The predicted octanol–water partition coefficient (Wildman–Crippen LogP) is 5.74. The minimum absolute atomic E-state index is 0.0950. The fourth-order valence-electron chi connectivity index (χ4n) is 3.88. The van der Waals surface area contributed by atoms with Gasteiger partial charge in [0.2, 0.25) is 0 Å². The largest absolute Gasteiger partial charge is 0.481 e. The molecule has 0 unspecified atom stereocenters. The van der Waals surface area contributed by atoms with E-state index in [1.54, 1.807) is 10.6 Å². The number of carboxylic acid groups (broad SMARTS) is 1. The second kappa shape index (κ2) is 7.53. The monoisotopic (exact) mass is 488 g/mol. The zero-order valence-corrected chi connectivity index (χ0v) is 16.9. The van der Waals surface area contributed by atoms with E-state index in [1.807, 2.05) is 0 Å². The summed E-state index contributed by atoms with van der Waals surface area (Å²) < 4.78 is 46.5. The van der Waals surface area contributed by atoms with E-state index in [4.69, 9.17) is 11.6 Å². The molecule has 10 heteroatoms. The highest BCUT2D eigenvalue weighted by Crippen LogP contribution is 2.48. The summed E-state index contributed by atoms with van der Waals surface area (Å²) in [5.74, 6) is -1.69. The number of hydrogen-bond donors (Lipinski definition) is 1. The highest BCUT2D eigenvalue weighted by Gasteiger charge is 2.38. The number of halogens is 5. The fraction of sp³-hybridized carbons (Fsp3) is 0.263. The average Bonchev–Trinajstić information content (AvgIpc) is 3.13. The first-order valence-electron chi connectivity index (χ1n) is 8.58. The summed E-state index contributed by atoms with van der Waals surface area (Å²) in [4.78, 5) is 15.8. The normalized spacial score (nSPS) is 18.4. The molecule has 2 atom stereocenters. The lowest BCUT2D eigenvalue weighted by molar-refractivity contribution is -0.137. The van der Waals surface area contributed by atoms with E-state index in [0.29, 0.717) is 22.4 Å². The van der Waals surface area contributed by atoms with Crippen LogP contribution in [0.5, 0.6) is 5.75 Å². The third-order valence-electron chi connectivity index (χ3n) is 4.93. The van der Waals surface area contributed by atoms with Crippen LogP contribution in [0.4, 0.5) is 13.2 Å². The van der Waals surface area contributed by atoms with Crippen molar-refractivity contribution >= 4 is 44.5 Å². The van der Waals surface area contributed by atoms with Gasteiger partial charge in [-0.25, -0.2) is 9.37 Å². The number of carbonyl (C=O) groups is 1. The molecule has 4 rings (SSSR count). The van der Waals surface area contributed by atoms with Gasteiger partial charge in [-0.3, -0.25) is 4.79 Å². The number of alkyl halides is 2. The number of rotatable bonds is 5. The van der Waals surface area contributed by atoms with Crippen molar-refractivity contribution in [3.05, 3.63) is 57.0 Å². The first-order chi connectivity index (χ1) is 13.8. The van der Waals surface area contributed by atoms with Crippen molar-refractivity contribution in [1.29, 1.82) is 0 Å². The Morgan fingerprint density at radius 3 is 2.86 bits per heavy atom. The summed E-state index contributed by atoms with van der Waals surface area (Å²) in [6.45, 7) is -3.05. The summed E-state index contributed by atoms with van der Waals surface area (Å²) in [6.07, 6.45) is 0.0713. The maximum absolute atomic E-state index is 14.0. The third-order valence-corrected chi connectivity index (χ3v) is 5.86. The second-order valence-corrected chi connectivity index (χ2v) is 7.93. The lowest BCUT2D eigenvalue weighted by Crippen LogP contribution is -2.11. The molecule has 0 saturated heterocycles. The standard InChI is InChI=1S/C19H13BrClF3N2O3/c20-9-6-13-12(7-11(9)22)25-18-8(5-16(27)28)4-14(26(13)18)17-10(21)2-1-3-15(17)29-19(23)24/h1-3,6-8,14,19H,4-5H2,(H,27,28)/t8-,14+/m0/s1. The molecule has 2 heterocycles. The highest BCUT2D eigenvalue weighted by molar-refractivity contribution is 9.10. The van der Waals surface area contributed by atoms with Gasteiger partial charge in [0, 0.05) is 22.6 Å². The van der Waals surface area contributed by atoms with Gasteiger partial charge in [-0.2, -0.15) is 8.78 Å². The molecule has 0 bridgehead atoms. The quantitative estimate of drug-likeness (QED) is 0.496. The number of aromatic nitrogens is 2. The van der Waals surface area contributed by atoms with Gasteiger partial charge in [-0.15, -0.1) is 0 Å². The molecule has 0 amide bonds. The van der Waals surface area contributed by atoms with Crippen molar-refractivity contribution in [3.63, 3.8) is 0 Å². The van der Waals surface area contributed by atoms with E-state index in [0.717, 1.165) is 0 Å². The van der Waals surface area contributed by atoms with Crippen LogP contribution in [0.3, 0.4) is 0 Å². The molecule has 5 nitrogen and oxygen atoms in total. The van der Waals surface area contributed by atoms with Gasteiger partial charge in [0.1, 0.15) is 17.4 Å². The Morgan fingerprint density at radius 1 is 1.41 bits per heavy atom. The molecule has 1 N–H and O–H groups in total. The van der Waals surface area contributed by atoms with Crippen LogP contribution < -0.4 is 4.74 Å². The zero-order chi connectivity index (χ0) is 20.9. The fourth-order valence-corrected chi connectivity index (χ4v) is 4.50. The Balaban J connectivity index is 1.94. The van der Waals surface area contributed by atoms with Crippen LogP contribution in [0.25, 0.3) is 11.0 Å². The first-order valence-corrected chi connectivity index (χ1v) is 9.75. The van der Waals surface area contributed by atoms with Crippen molar-refractivity contribution in [2.24, 2.45) is 0 Å². The van der Waals surface area contributed by atoms with Crippen molar-refractivity contribution in [1.82, 2.24) is 9.55 Å². The van der Waals surface area contributed by atoms with Crippen molar-refractivity contribution in [3.8, 4) is 5.75 Å². The Morgan fingerprint density at radius 2 is 2.17 bits per heavy atom. The third kappa shape index (κ3) is 3.57. The number of carboxylic acids is 1. The molecule has 0 fully saturated rings. The number of hydrogen-bond acceptors (Lipinski definition) is 3. The van der Waals surface area contributed by atoms with Crippen LogP contribution in [0.15, 0.2) is 34.8 Å². The minimum Gasteiger partial charge on any atom is -0.481 e. The van der Waals surface area contributed by atoms with E-state index < -0.39 is 30.4 Å². The zero-order valence-electron chi connectivity index (χ0n) is 14.6. The van der Waals surface area contributed by atoms with Gasteiger partial charge in [-0.1, -0.05) is 17.7 Å². The number of nitrogens with zero attached hydrogens (tertiary/aromatic N) is 2. The van der Waals surface area contributed by atoms with Gasteiger partial charge >= 0.3 is 12.6 Å². The van der Waals surface area contributed by atoms with Crippen molar-refractivity contribution in [2.45, 2.75) is 31.4 Å². The van der Waals surface area contributed by atoms with Crippen LogP contribution in [-0.4, -0.2) is 27.2 Å². The predicted molar refractivity (Wildman–Crippen MR) is 103 cm³/mol. The number of benzene rings is 2. The summed E-state index contributed by atoms with van der Waals surface area (Å²) in [5, 5.41) is 9.50. The molecule has 2 aromatic carbocycles. The molecule has 1 aromatic heterocycles. The smallest absolute Gasteiger partial charge is 0.387 e. The van der Waals surface area contributed by atoms with Crippen LogP contribution in [-0.2, 0) is 4.79 Å². The highest BCUT2D eigenvalue weighted by atomic mass is 79.9. The van der Waals surface area contributed by atoms with Gasteiger partial charge in [-0.05, 0) is 40.5 Å². The molecule has 1 aliphatic rings. The van der Waals surface area contributed by atoms with Crippen molar-refractivity contribution in [2.75, 3.05) is 0 Å². The summed E-state index contributed by atoms with van der Waals surface area (Å²) in [7, 11) is 0. The van der Waals surface area contributed by atoms with Gasteiger partial charge in [0.15, 0.2) is 0 Å². The van der Waals surface area contributed by atoms with Crippen LogP contribution >= 0.6 is 27.5 Å². The van der Waals surface area contributed by atoms with Gasteiger partial charge in [0.05, 0.1) is 28.0 Å². The molecule has 0 spiro atoms. The van der Waals surface area contributed by atoms with Gasteiger partial charge < -0.3 is 14.4 Å². The molecule has 0 aliphatic carbocycles. The SMILES string of the molecule is O=C(O)C[C@@H]1C[C@H](c2c(Cl)cccc2OC(F)F)n2c1nc1cc(F)c(Br)cc12. The lowest BCUT2D eigenvalue weighted by atomic mass is 9.95. The van der Waals surface area contributed by atoms with E-state index >= 15 is 0 Å². The Kier molecular flexibility index (Phi) is 5.20. The molecular formula is C19H13BrClF3N2O3. The molecule has 0 radical (unpaired) electrons. The molecular weight excluding hydrogens is 477 g/mol. The number of imidazole rings is 1. The van der Waals surface area contributed by atoms with E-state index in [9.17, 15) is 23.1 Å². The Hall–Kier alpha value is -2.26. The van der Waals surface area contributed by atoms with Crippen molar-refractivity contribution < 1.29 is 27.8 Å². The summed E-state index contributed by atoms with van der Waals surface area (Å²) in [6, 6.07) is 6.59. The van der Waals surface area contributed by atoms with E-state index in [1.165, 1.54) is 24.3 Å². The molecule has 1 aliphatic heterocycles. The van der Waals surface area contributed by atoms with Crippen LogP contribution in [0.1, 0.15) is 36.2 Å². The average molecular weight is 490 g/mol. The Bertz CT molecular complexity index is 1120. The second-order valence-electron chi connectivity index (χ2n) is 6.67. The number of fused-ring (bicyclic) bond motifs is 3. The van der Waals surface area contributed by atoms with Gasteiger partial charge in [0.25, 0.3) is 0 Å².